The van der Waals surface area contributed by atoms with Crippen molar-refractivity contribution in [3.63, 3.8) is 0 Å². The van der Waals surface area contributed by atoms with Gasteiger partial charge in [0.05, 0.1) is 0 Å². The Kier molecular flexibility index (Phi) is 8.63. The van der Waals surface area contributed by atoms with Gasteiger partial charge in [-0.15, -0.1) is 0 Å². The third-order valence-corrected chi connectivity index (χ3v) is 3.44. The fourth-order valence-corrected chi connectivity index (χ4v) is 2.11. The third-order valence-electron chi connectivity index (χ3n) is 1.48. The summed E-state index contributed by atoms with van der Waals surface area (Å²) in [5.41, 5.74) is 0. The van der Waals surface area contributed by atoms with Gasteiger partial charge in [-0.3, -0.25) is 8.93 Å². The standard InChI is InChI=1S/C5H15NO3S.C4H10/c1-3-5-10(7,8,9)6-4-2;1-3-4-2/h3-5H2,1-2H3,(H3,6,7,8,9);3-4H2,1-2H3/p-2. The fraction of sp³-hybridized carbons (Fsp3) is 1.00. The van der Waals surface area contributed by atoms with E-state index >= 15 is 0 Å². The number of nitrogens with one attached hydrogen (secondary N) is 1. The summed E-state index contributed by atoms with van der Waals surface area (Å²) in [6.45, 7) is 7.76. The molecular weight excluding hydrogens is 202 g/mol. The van der Waals surface area contributed by atoms with Crippen LogP contribution in [0.4, 0.5) is 0 Å². The highest BCUT2D eigenvalue weighted by molar-refractivity contribution is 8.08. The molecule has 0 rings (SSSR count). The number of rotatable bonds is 5. The monoisotopic (exact) mass is 225 g/mol. The van der Waals surface area contributed by atoms with Crippen LogP contribution >= 0.6 is 0 Å². The first-order valence-electron chi connectivity index (χ1n) is 5.17. The van der Waals surface area contributed by atoms with Crippen molar-refractivity contribution >= 4 is 9.81 Å². The summed E-state index contributed by atoms with van der Waals surface area (Å²) in [5, 5.41) is 0. The molecular formula is C9H23NO3S-2. The summed E-state index contributed by atoms with van der Waals surface area (Å²) in [7, 11) is -4.93. The van der Waals surface area contributed by atoms with Crippen molar-refractivity contribution in [3.05, 3.63) is 0 Å². The maximum atomic E-state index is 10.8. The molecule has 0 aromatic rings. The molecule has 0 radical (unpaired) electrons. The second-order valence-corrected chi connectivity index (χ2v) is 5.75. The molecule has 0 aromatic heterocycles. The molecule has 0 atom stereocenters. The molecule has 0 heterocycles. The molecule has 0 saturated carbocycles. The lowest BCUT2D eigenvalue weighted by atomic mass is 10.4. The van der Waals surface area contributed by atoms with Gasteiger partial charge in [-0.25, -0.2) is 0 Å². The zero-order valence-electron chi connectivity index (χ0n) is 9.67. The van der Waals surface area contributed by atoms with E-state index < -0.39 is 9.81 Å². The van der Waals surface area contributed by atoms with Crippen molar-refractivity contribution in [1.29, 1.82) is 0 Å². The van der Waals surface area contributed by atoms with E-state index in [1.54, 1.807) is 13.8 Å². The van der Waals surface area contributed by atoms with Crippen molar-refractivity contribution in [3.8, 4) is 0 Å². The van der Waals surface area contributed by atoms with Gasteiger partial charge >= 0.3 is 0 Å². The minimum absolute atomic E-state index is 0.165. The lowest BCUT2D eigenvalue weighted by molar-refractivity contribution is 0.343. The van der Waals surface area contributed by atoms with Crippen LogP contribution in [0.5, 0.6) is 0 Å². The molecule has 90 valence electrons. The van der Waals surface area contributed by atoms with Crippen molar-refractivity contribution in [1.82, 2.24) is 4.72 Å². The highest BCUT2D eigenvalue weighted by Crippen LogP contribution is 2.10. The van der Waals surface area contributed by atoms with Crippen LogP contribution in [0.1, 0.15) is 47.0 Å². The quantitative estimate of drug-likeness (QED) is 0.775. The summed E-state index contributed by atoms with van der Waals surface area (Å²) in [6, 6.07) is 0. The first-order chi connectivity index (χ1) is 6.30. The van der Waals surface area contributed by atoms with Crippen molar-refractivity contribution in [2.45, 2.75) is 47.0 Å². The summed E-state index contributed by atoms with van der Waals surface area (Å²) < 4.78 is 34.2. The van der Waals surface area contributed by atoms with E-state index in [-0.39, 0.29) is 12.3 Å². The lowest BCUT2D eigenvalue weighted by Crippen LogP contribution is -2.49. The molecule has 0 aromatic carbocycles. The molecule has 0 aliphatic heterocycles. The second kappa shape index (κ2) is 7.34. The predicted molar refractivity (Wildman–Crippen MR) is 59.1 cm³/mol. The van der Waals surface area contributed by atoms with E-state index in [0.29, 0.717) is 6.42 Å². The van der Waals surface area contributed by atoms with Gasteiger partial charge in [-0.1, -0.05) is 40.5 Å². The number of hydrogen-bond acceptors (Lipinski definition) is 3. The highest BCUT2D eigenvalue weighted by atomic mass is 32.3. The summed E-state index contributed by atoms with van der Waals surface area (Å²) in [4.78, 5) is 0. The van der Waals surface area contributed by atoms with Crippen LogP contribution in [-0.2, 0) is 9.81 Å². The van der Waals surface area contributed by atoms with Crippen LogP contribution in [0.25, 0.3) is 0 Å². The Morgan fingerprint density at radius 1 is 1.00 bits per heavy atom. The summed E-state index contributed by atoms with van der Waals surface area (Å²) in [6.07, 6.45) is 2.99. The van der Waals surface area contributed by atoms with E-state index in [4.69, 9.17) is 0 Å². The molecule has 5 heteroatoms. The summed E-state index contributed by atoms with van der Waals surface area (Å²) in [5.74, 6) is -0.328. The first-order valence-corrected chi connectivity index (χ1v) is 7.16. The Labute approximate surface area is 87.7 Å². The molecule has 0 fully saturated rings. The zero-order valence-corrected chi connectivity index (χ0v) is 10.5. The summed E-state index contributed by atoms with van der Waals surface area (Å²) >= 11 is 0. The maximum absolute atomic E-state index is 10.8. The normalized spacial score (nSPS) is 13.7. The molecule has 0 aliphatic rings. The molecule has 14 heavy (non-hydrogen) atoms. The van der Waals surface area contributed by atoms with E-state index in [9.17, 15) is 13.3 Å². The maximum Gasteiger partial charge on any atom is 0.00177 e. The SMILES string of the molecule is CCCC.CCCS(=O)([O-])([O-])NCC. The van der Waals surface area contributed by atoms with Gasteiger partial charge in [-0.05, 0) is 12.2 Å². The van der Waals surface area contributed by atoms with Crippen LogP contribution in [0.2, 0.25) is 0 Å². The molecule has 0 unspecified atom stereocenters. The van der Waals surface area contributed by atoms with Gasteiger partial charge < -0.3 is 9.11 Å². The van der Waals surface area contributed by atoms with E-state index in [2.05, 4.69) is 13.8 Å². The number of sulfonamides is 3. The Balaban J connectivity index is 0. The average molecular weight is 225 g/mol. The molecule has 4 nitrogen and oxygen atoms in total. The minimum Gasteiger partial charge on any atom is -0.788 e. The lowest BCUT2D eigenvalue weighted by Gasteiger charge is -2.56. The zero-order chi connectivity index (χ0) is 11.7. The number of hydrogen-bond donors (Lipinski definition) is 1. The minimum atomic E-state index is -4.93. The fourth-order valence-electron chi connectivity index (χ4n) is 0.703. The van der Waals surface area contributed by atoms with Crippen molar-refractivity contribution < 1.29 is 13.3 Å². The van der Waals surface area contributed by atoms with Crippen molar-refractivity contribution in [2.24, 2.45) is 0 Å². The first kappa shape index (κ1) is 16.5. The molecule has 0 aliphatic carbocycles. The molecule has 0 bridgehead atoms. The largest absolute Gasteiger partial charge is 0.788 e. The van der Waals surface area contributed by atoms with Crippen LogP contribution in [0.15, 0.2) is 0 Å². The second-order valence-electron chi connectivity index (χ2n) is 3.15. The molecule has 1 N–H and O–H groups in total. The molecule has 0 spiro atoms. The third kappa shape index (κ3) is 12.0. The number of unbranched alkanes of at least 4 members (excludes halogenated alkanes) is 1. The predicted octanol–water partition coefficient (Wildman–Crippen LogP) is 1.81. The van der Waals surface area contributed by atoms with Crippen LogP contribution < -0.4 is 4.72 Å². The Morgan fingerprint density at radius 2 is 1.43 bits per heavy atom. The van der Waals surface area contributed by atoms with Crippen LogP contribution in [0.3, 0.4) is 0 Å². The topological polar surface area (TPSA) is 75.2 Å². The van der Waals surface area contributed by atoms with Gasteiger partial charge in [0, 0.05) is 6.54 Å². The van der Waals surface area contributed by atoms with Gasteiger partial charge in [-0.2, -0.15) is 9.81 Å². The van der Waals surface area contributed by atoms with E-state index in [0.717, 1.165) is 0 Å². The Morgan fingerprint density at radius 3 is 1.64 bits per heavy atom. The van der Waals surface area contributed by atoms with Gasteiger partial charge in [0.1, 0.15) is 0 Å². The van der Waals surface area contributed by atoms with Crippen LogP contribution in [0, 0.1) is 0 Å². The molecule has 0 amide bonds. The van der Waals surface area contributed by atoms with E-state index in [1.165, 1.54) is 12.8 Å². The van der Waals surface area contributed by atoms with Crippen molar-refractivity contribution in [2.75, 3.05) is 12.3 Å². The Bertz CT molecular complexity index is 174. The highest BCUT2D eigenvalue weighted by Gasteiger charge is 2.05. The molecule has 0 saturated heterocycles. The Hall–Kier alpha value is 0.0300. The van der Waals surface area contributed by atoms with Crippen LogP contribution in [-0.4, -0.2) is 25.6 Å². The average Bonchev–Trinajstić information content (AvgIpc) is 2.03. The smallest absolute Gasteiger partial charge is 0.00177 e. The van der Waals surface area contributed by atoms with Gasteiger partial charge in [0.15, 0.2) is 0 Å². The van der Waals surface area contributed by atoms with E-state index in [1.807, 2.05) is 4.72 Å². The van der Waals surface area contributed by atoms with Gasteiger partial charge in [0.25, 0.3) is 0 Å². The van der Waals surface area contributed by atoms with Gasteiger partial charge in [0.2, 0.25) is 0 Å².